The Balaban J connectivity index is 1.96. The summed E-state index contributed by atoms with van der Waals surface area (Å²) in [4.78, 5) is 1.12. The van der Waals surface area contributed by atoms with E-state index in [2.05, 4.69) is 12.1 Å². The zero-order chi connectivity index (χ0) is 10.5. The average molecular weight is 217 g/mol. The van der Waals surface area contributed by atoms with Crippen molar-refractivity contribution in [1.29, 1.82) is 0 Å². The lowest BCUT2D eigenvalue weighted by molar-refractivity contribution is -0.605. The molecule has 0 atom stereocenters. The van der Waals surface area contributed by atoms with Crippen LogP contribution in [0, 0.1) is 5.21 Å². The first-order chi connectivity index (χ1) is 7.34. The minimum atomic E-state index is 0.798. The van der Waals surface area contributed by atoms with E-state index in [-0.39, 0.29) is 0 Å². The molecule has 0 amide bonds. The Kier molecular flexibility index (Phi) is 3.25. The van der Waals surface area contributed by atoms with Crippen molar-refractivity contribution >= 4 is 11.8 Å². The molecule has 15 heavy (non-hydrogen) atoms. The second-order valence-electron chi connectivity index (χ2n) is 3.17. The van der Waals surface area contributed by atoms with Gasteiger partial charge in [0.05, 0.1) is 0 Å². The normalized spacial score (nSPS) is 10.1. The predicted molar refractivity (Wildman–Crippen MR) is 61.4 cm³/mol. The molecule has 2 rings (SSSR count). The van der Waals surface area contributed by atoms with Gasteiger partial charge in [-0.15, -0.1) is 11.8 Å². The van der Waals surface area contributed by atoms with E-state index in [9.17, 15) is 5.21 Å². The highest BCUT2D eigenvalue weighted by Crippen LogP contribution is 2.20. The molecule has 0 saturated carbocycles. The van der Waals surface area contributed by atoms with Crippen molar-refractivity contribution < 1.29 is 4.73 Å². The van der Waals surface area contributed by atoms with Gasteiger partial charge in [0.25, 0.3) is 0 Å². The van der Waals surface area contributed by atoms with Crippen molar-refractivity contribution in [3.8, 4) is 0 Å². The van der Waals surface area contributed by atoms with E-state index in [1.807, 2.05) is 30.3 Å². The van der Waals surface area contributed by atoms with Gasteiger partial charge in [-0.1, -0.05) is 30.3 Å². The van der Waals surface area contributed by atoms with Crippen molar-refractivity contribution in [1.82, 2.24) is 0 Å². The number of aromatic nitrogens is 1. The van der Waals surface area contributed by atoms with E-state index in [1.54, 1.807) is 11.8 Å². The van der Waals surface area contributed by atoms with Gasteiger partial charge < -0.3 is 5.21 Å². The third-order valence-electron chi connectivity index (χ3n) is 2.02. The smallest absolute Gasteiger partial charge is 0.181 e. The summed E-state index contributed by atoms with van der Waals surface area (Å²) in [5.41, 5.74) is 1.29. The molecule has 0 aliphatic carbocycles. The lowest BCUT2D eigenvalue weighted by Crippen LogP contribution is -2.23. The van der Waals surface area contributed by atoms with E-state index >= 15 is 0 Å². The molecular formula is C12H11NOS. The van der Waals surface area contributed by atoms with Gasteiger partial charge in [0.1, 0.15) is 0 Å². The van der Waals surface area contributed by atoms with Crippen LogP contribution in [0.2, 0.25) is 0 Å². The van der Waals surface area contributed by atoms with Crippen LogP contribution in [0.4, 0.5) is 0 Å². The zero-order valence-electron chi connectivity index (χ0n) is 8.17. The molecule has 1 aromatic carbocycles. The van der Waals surface area contributed by atoms with Gasteiger partial charge in [0.2, 0.25) is 0 Å². The Labute approximate surface area is 93.2 Å². The third-order valence-corrected chi connectivity index (χ3v) is 3.10. The number of rotatable bonds is 3. The summed E-state index contributed by atoms with van der Waals surface area (Å²) in [6.07, 6.45) is 3.04. The Hall–Kier alpha value is -1.48. The van der Waals surface area contributed by atoms with Crippen LogP contribution in [0.3, 0.4) is 0 Å². The van der Waals surface area contributed by atoms with E-state index in [4.69, 9.17) is 0 Å². The number of hydrogen-bond donors (Lipinski definition) is 0. The Bertz CT molecular complexity index is 413. The predicted octanol–water partition coefficient (Wildman–Crippen LogP) is 2.61. The van der Waals surface area contributed by atoms with Gasteiger partial charge in [-0.2, -0.15) is 4.73 Å². The van der Waals surface area contributed by atoms with Crippen molar-refractivity contribution in [2.24, 2.45) is 0 Å². The highest BCUT2D eigenvalue weighted by molar-refractivity contribution is 7.98. The molecule has 0 N–H and O–H groups in total. The maximum absolute atomic E-state index is 10.8. The van der Waals surface area contributed by atoms with Crippen LogP contribution in [0.15, 0.2) is 59.8 Å². The van der Waals surface area contributed by atoms with Crippen LogP contribution >= 0.6 is 11.8 Å². The molecule has 76 valence electrons. The highest BCUT2D eigenvalue weighted by atomic mass is 32.2. The molecule has 0 radical (unpaired) electrons. The van der Waals surface area contributed by atoms with Crippen molar-refractivity contribution in [2.45, 2.75) is 10.6 Å². The number of pyridine rings is 1. The van der Waals surface area contributed by atoms with Gasteiger partial charge in [-0.25, -0.2) is 0 Å². The Morgan fingerprint density at radius 2 is 1.67 bits per heavy atom. The number of hydrogen-bond acceptors (Lipinski definition) is 2. The fourth-order valence-corrected chi connectivity index (χ4v) is 2.08. The van der Waals surface area contributed by atoms with Gasteiger partial charge >= 0.3 is 0 Å². The summed E-state index contributed by atoms with van der Waals surface area (Å²) in [5.74, 6) is 0.934. The molecule has 0 aliphatic heterocycles. The van der Waals surface area contributed by atoms with Crippen LogP contribution in [0.5, 0.6) is 0 Å². The molecule has 0 spiro atoms. The number of benzene rings is 1. The van der Waals surface area contributed by atoms with E-state index in [0.29, 0.717) is 0 Å². The number of thioether (sulfide) groups is 1. The molecule has 0 bridgehead atoms. The first-order valence-corrected chi connectivity index (χ1v) is 5.69. The summed E-state index contributed by atoms with van der Waals surface area (Å²) in [6.45, 7) is 0. The molecule has 0 saturated heterocycles. The minimum absolute atomic E-state index is 0.798. The summed E-state index contributed by atoms with van der Waals surface area (Å²) < 4.78 is 0.798. The van der Waals surface area contributed by atoms with Crippen molar-refractivity contribution in [2.75, 3.05) is 0 Å². The standard InChI is InChI=1S/C12H11NOS/c14-13-8-6-12(7-9-13)15-10-11-4-2-1-3-5-11/h1-9H,10H2. The fourth-order valence-electron chi connectivity index (χ4n) is 1.24. The molecule has 0 unspecified atom stereocenters. The molecule has 2 nitrogen and oxygen atoms in total. The van der Waals surface area contributed by atoms with Gasteiger partial charge in [0.15, 0.2) is 12.4 Å². The SMILES string of the molecule is [O-][n+]1ccc(SCc2ccccc2)cc1. The largest absolute Gasteiger partial charge is 0.619 e. The van der Waals surface area contributed by atoms with Gasteiger partial charge in [0, 0.05) is 22.8 Å². The molecule has 1 aromatic heterocycles. The molecule has 2 aromatic rings. The Morgan fingerprint density at radius 3 is 2.33 bits per heavy atom. The highest BCUT2D eigenvalue weighted by Gasteiger charge is 1.97. The van der Waals surface area contributed by atoms with E-state index < -0.39 is 0 Å². The van der Waals surface area contributed by atoms with Gasteiger partial charge in [-0.05, 0) is 5.56 Å². The maximum Gasteiger partial charge on any atom is 0.181 e. The molecular weight excluding hydrogens is 206 g/mol. The monoisotopic (exact) mass is 217 g/mol. The fraction of sp³-hybridized carbons (Fsp3) is 0.0833. The average Bonchev–Trinajstić information content (AvgIpc) is 2.30. The maximum atomic E-state index is 10.8. The minimum Gasteiger partial charge on any atom is -0.619 e. The van der Waals surface area contributed by atoms with Crippen LogP contribution in [-0.4, -0.2) is 0 Å². The van der Waals surface area contributed by atoms with E-state index in [1.165, 1.54) is 18.0 Å². The van der Waals surface area contributed by atoms with E-state index in [0.717, 1.165) is 15.4 Å². The summed E-state index contributed by atoms with van der Waals surface area (Å²) in [6, 6.07) is 13.9. The first-order valence-electron chi connectivity index (χ1n) is 4.70. The molecule has 1 heterocycles. The topological polar surface area (TPSA) is 26.9 Å². The second-order valence-corrected chi connectivity index (χ2v) is 4.22. The lowest BCUT2D eigenvalue weighted by atomic mass is 10.2. The summed E-state index contributed by atoms with van der Waals surface area (Å²) in [5, 5.41) is 10.8. The van der Waals surface area contributed by atoms with Crippen LogP contribution in [0.25, 0.3) is 0 Å². The Morgan fingerprint density at radius 1 is 1.00 bits per heavy atom. The van der Waals surface area contributed by atoms with Crippen molar-refractivity contribution in [3.63, 3.8) is 0 Å². The molecule has 0 fully saturated rings. The third kappa shape index (κ3) is 2.99. The van der Waals surface area contributed by atoms with Crippen LogP contribution < -0.4 is 4.73 Å². The molecule has 3 heteroatoms. The summed E-state index contributed by atoms with van der Waals surface area (Å²) in [7, 11) is 0. The van der Waals surface area contributed by atoms with Crippen molar-refractivity contribution in [3.05, 3.63) is 65.6 Å². The summed E-state index contributed by atoms with van der Waals surface area (Å²) >= 11 is 1.73. The quantitative estimate of drug-likeness (QED) is 0.449. The van der Waals surface area contributed by atoms with Crippen LogP contribution in [0.1, 0.15) is 5.56 Å². The lowest BCUT2D eigenvalue weighted by Gasteiger charge is -2.01. The zero-order valence-corrected chi connectivity index (χ0v) is 8.98. The van der Waals surface area contributed by atoms with Crippen LogP contribution in [-0.2, 0) is 5.75 Å². The van der Waals surface area contributed by atoms with Gasteiger partial charge in [-0.3, -0.25) is 0 Å². The number of nitrogens with zero attached hydrogens (tertiary/aromatic N) is 1. The molecule has 0 aliphatic rings. The second kappa shape index (κ2) is 4.84. The first kappa shape index (κ1) is 10.1.